The van der Waals surface area contributed by atoms with Gasteiger partial charge in [0.05, 0.1) is 11.9 Å². The van der Waals surface area contributed by atoms with Gasteiger partial charge in [-0.1, -0.05) is 77.3 Å². The summed E-state index contributed by atoms with van der Waals surface area (Å²) in [6.07, 6.45) is 1.62. The van der Waals surface area contributed by atoms with Crippen molar-refractivity contribution in [3.63, 3.8) is 0 Å². The Morgan fingerprint density at radius 1 is 0.950 bits per heavy atom. The lowest BCUT2D eigenvalue weighted by atomic mass is 10.0. The molecule has 0 spiro atoms. The Hall–Kier alpha value is -2.78. The third kappa shape index (κ3) is 8.36. The number of hydrogen-bond acceptors (Lipinski definition) is 4. The van der Waals surface area contributed by atoms with E-state index in [9.17, 15) is 18.0 Å². The zero-order valence-corrected chi connectivity index (χ0v) is 25.6. The number of nitrogens with zero attached hydrogens (tertiary/aromatic N) is 2. The molecule has 0 aliphatic heterocycles. The van der Waals surface area contributed by atoms with Crippen LogP contribution in [0.3, 0.4) is 0 Å². The van der Waals surface area contributed by atoms with E-state index in [2.05, 4.69) is 5.32 Å². The summed E-state index contributed by atoms with van der Waals surface area (Å²) in [5.74, 6) is -0.638. The standard InChI is InChI=1S/C29H32Cl3N3O4S/c1-20-24(31)11-7-12-26(20)35(40(3,38)39)16-8-13-28(36)34(19-22-14-15-23(30)18-25(22)32)27(29(37)33-2)17-21-9-5-4-6-10-21/h4-7,9-12,14-15,18,27H,8,13,16-17,19H2,1-3H3,(H,33,37). The minimum atomic E-state index is -3.65. The molecule has 0 heterocycles. The van der Waals surface area contributed by atoms with Gasteiger partial charge in [-0.3, -0.25) is 13.9 Å². The number of sulfonamides is 1. The SMILES string of the molecule is CNC(=O)C(Cc1ccccc1)N(Cc1ccc(Cl)cc1Cl)C(=O)CCCN(c1cccc(Cl)c1C)S(C)(=O)=O. The molecule has 3 aromatic rings. The Labute approximate surface area is 251 Å². The number of amides is 2. The van der Waals surface area contributed by atoms with Crippen molar-refractivity contribution in [3.05, 3.63) is 98.5 Å². The van der Waals surface area contributed by atoms with Crippen molar-refractivity contribution >= 4 is 62.3 Å². The fraction of sp³-hybridized carbons (Fsp3) is 0.310. The molecule has 1 atom stereocenters. The third-order valence-corrected chi connectivity index (χ3v) is 8.71. The van der Waals surface area contributed by atoms with Gasteiger partial charge in [0.15, 0.2) is 0 Å². The number of hydrogen-bond donors (Lipinski definition) is 1. The topological polar surface area (TPSA) is 86.8 Å². The molecule has 3 rings (SSSR count). The number of anilines is 1. The number of nitrogens with one attached hydrogen (secondary N) is 1. The first-order valence-corrected chi connectivity index (χ1v) is 15.6. The van der Waals surface area contributed by atoms with Crippen LogP contribution in [0.15, 0.2) is 66.7 Å². The smallest absolute Gasteiger partial charge is 0.242 e. The molecule has 0 bridgehead atoms. The monoisotopic (exact) mass is 623 g/mol. The van der Waals surface area contributed by atoms with Crippen LogP contribution in [0.4, 0.5) is 5.69 Å². The Kier molecular flexibility index (Phi) is 11.3. The molecule has 214 valence electrons. The van der Waals surface area contributed by atoms with Gasteiger partial charge < -0.3 is 10.2 Å². The lowest BCUT2D eigenvalue weighted by Crippen LogP contribution is -2.49. The number of halogens is 3. The van der Waals surface area contributed by atoms with E-state index in [1.54, 1.807) is 43.3 Å². The molecule has 1 N–H and O–H groups in total. The zero-order chi connectivity index (χ0) is 29.4. The number of benzene rings is 3. The molecule has 0 fully saturated rings. The quantitative estimate of drug-likeness (QED) is 0.272. The first-order chi connectivity index (χ1) is 18.9. The summed E-state index contributed by atoms with van der Waals surface area (Å²) in [5.41, 5.74) is 2.60. The summed E-state index contributed by atoms with van der Waals surface area (Å²) in [6.45, 7) is 1.88. The summed E-state index contributed by atoms with van der Waals surface area (Å²) in [6, 6.07) is 18.6. The molecular formula is C29H32Cl3N3O4S. The van der Waals surface area contributed by atoms with Gasteiger partial charge in [-0.15, -0.1) is 0 Å². The molecule has 7 nitrogen and oxygen atoms in total. The second-order valence-electron chi connectivity index (χ2n) is 9.40. The molecule has 0 saturated carbocycles. The van der Waals surface area contributed by atoms with Crippen LogP contribution in [-0.4, -0.2) is 51.0 Å². The second kappa shape index (κ2) is 14.2. The fourth-order valence-corrected chi connectivity index (χ4v) is 6.06. The van der Waals surface area contributed by atoms with Crippen LogP contribution in [0.5, 0.6) is 0 Å². The average molecular weight is 625 g/mol. The molecule has 0 saturated heterocycles. The molecule has 3 aromatic carbocycles. The van der Waals surface area contributed by atoms with E-state index in [4.69, 9.17) is 34.8 Å². The summed E-state index contributed by atoms with van der Waals surface area (Å²) < 4.78 is 26.6. The second-order valence-corrected chi connectivity index (χ2v) is 12.6. The maximum absolute atomic E-state index is 13.8. The number of rotatable bonds is 12. The Balaban J connectivity index is 1.89. The van der Waals surface area contributed by atoms with Crippen LogP contribution >= 0.6 is 34.8 Å². The van der Waals surface area contributed by atoms with Crippen molar-refractivity contribution in [1.82, 2.24) is 10.2 Å². The van der Waals surface area contributed by atoms with Gasteiger partial charge >= 0.3 is 0 Å². The normalized spacial score (nSPS) is 12.1. The van der Waals surface area contributed by atoms with Gasteiger partial charge in [-0.2, -0.15) is 0 Å². The van der Waals surface area contributed by atoms with E-state index in [0.717, 1.165) is 11.8 Å². The van der Waals surface area contributed by atoms with Gasteiger partial charge in [0.25, 0.3) is 0 Å². The summed E-state index contributed by atoms with van der Waals surface area (Å²) in [4.78, 5) is 28.4. The van der Waals surface area contributed by atoms with Crippen molar-refractivity contribution in [2.24, 2.45) is 0 Å². The molecule has 2 amide bonds. The highest BCUT2D eigenvalue weighted by Crippen LogP contribution is 2.29. The average Bonchev–Trinajstić information content (AvgIpc) is 2.91. The van der Waals surface area contributed by atoms with Gasteiger partial charge in [0.2, 0.25) is 21.8 Å². The zero-order valence-electron chi connectivity index (χ0n) is 22.5. The van der Waals surface area contributed by atoms with Gasteiger partial charge in [-0.05, 0) is 54.3 Å². The minimum Gasteiger partial charge on any atom is -0.357 e. The Morgan fingerprint density at radius 3 is 2.27 bits per heavy atom. The van der Waals surface area contributed by atoms with Crippen LogP contribution in [0, 0.1) is 6.92 Å². The Bertz CT molecular complexity index is 1450. The predicted molar refractivity (Wildman–Crippen MR) is 163 cm³/mol. The maximum atomic E-state index is 13.8. The van der Waals surface area contributed by atoms with Crippen molar-refractivity contribution in [3.8, 4) is 0 Å². The van der Waals surface area contributed by atoms with E-state index in [1.165, 1.54) is 16.3 Å². The van der Waals surface area contributed by atoms with Crippen LogP contribution in [-0.2, 0) is 32.6 Å². The highest BCUT2D eigenvalue weighted by Gasteiger charge is 2.30. The molecule has 1 unspecified atom stereocenters. The highest BCUT2D eigenvalue weighted by molar-refractivity contribution is 7.92. The van der Waals surface area contributed by atoms with Gasteiger partial charge in [0.1, 0.15) is 6.04 Å². The molecule has 0 radical (unpaired) electrons. The minimum absolute atomic E-state index is 0.000867. The molecule has 40 heavy (non-hydrogen) atoms. The van der Waals surface area contributed by atoms with Crippen molar-refractivity contribution < 1.29 is 18.0 Å². The number of carbonyl (C=O) groups is 2. The molecule has 11 heteroatoms. The lowest BCUT2D eigenvalue weighted by molar-refractivity contribution is -0.141. The van der Waals surface area contributed by atoms with Crippen LogP contribution in [0.1, 0.15) is 29.5 Å². The summed E-state index contributed by atoms with van der Waals surface area (Å²) >= 11 is 18.8. The van der Waals surface area contributed by atoms with Crippen molar-refractivity contribution in [2.75, 3.05) is 24.2 Å². The summed E-state index contributed by atoms with van der Waals surface area (Å²) in [7, 11) is -2.13. The fourth-order valence-electron chi connectivity index (χ4n) is 4.40. The van der Waals surface area contributed by atoms with E-state index in [0.29, 0.717) is 31.9 Å². The van der Waals surface area contributed by atoms with E-state index < -0.39 is 16.1 Å². The number of carbonyl (C=O) groups excluding carboxylic acids is 2. The molecule has 0 aliphatic rings. The first-order valence-electron chi connectivity index (χ1n) is 12.6. The van der Waals surface area contributed by atoms with Crippen LogP contribution in [0.2, 0.25) is 15.1 Å². The van der Waals surface area contributed by atoms with E-state index in [-0.39, 0.29) is 44.2 Å². The van der Waals surface area contributed by atoms with E-state index in [1.807, 2.05) is 30.3 Å². The van der Waals surface area contributed by atoms with Crippen molar-refractivity contribution in [1.29, 1.82) is 0 Å². The van der Waals surface area contributed by atoms with E-state index >= 15 is 0 Å². The highest BCUT2D eigenvalue weighted by atomic mass is 35.5. The van der Waals surface area contributed by atoms with Crippen LogP contribution in [0.25, 0.3) is 0 Å². The molecule has 0 aliphatic carbocycles. The maximum Gasteiger partial charge on any atom is 0.242 e. The van der Waals surface area contributed by atoms with Crippen molar-refractivity contribution in [2.45, 2.75) is 38.8 Å². The Morgan fingerprint density at radius 2 is 1.65 bits per heavy atom. The van der Waals surface area contributed by atoms with Crippen LogP contribution < -0.4 is 9.62 Å². The first kappa shape index (κ1) is 31.7. The number of likely N-dealkylation sites (N-methyl/N-ethyl adjacent to an activating group) is 1. The third-order valence-electron chi connectivity index (χ3n) is 6.53. The lowest BCUT2D eigenvalue weighted by Gasteiger charge is -2.32. The summed E-state index contributed by atoms with van der Waals surface area (Å²) in [5, 5.41) is 3.95. The molecule has 0 aromatic heterocycles. The van der Waals surface area contributed by atoms with Gasteiger partial charge in [0, 0.05) is 48.0 Å². The predicted octanol–water partition coefficient (Wildman–Crippen LogP) is 5.89. The molecular weight excluding hydrogens is 593 g/mol. The largest absolute Gasteiger partial charge is 0.357 e. The van der Waals surface area contributed by atoms with Gasteiger partial charge in [-0.25, -0.2) is 8.42 Å².